The molecule has 128 valence electrons. The molecule has 1 aliphatic rings. The maximum atomic E-state index is 13.0. The van der Waals surface area contributed by atoms with Gasteiger partial charge in [0.15, 0.2) is 5.96 Å². The van der Waals surface area contributed by atoms with Crippen molar-refractivity contribution in [2.45, 2.75) is 44.6 Å². The summed E-state index contributed by atoms with van der Waals surface area (Å²) in [5, 5.41) is 5.76. The van der Waals surface area contributed by atoms with Gasteiger partial charge in [0.2, 0.25) is 5.91 Å². The Morgan fingerprint density at radius 3 is 2.61 bits per heavy atom. The lowest BCUT2D eigenvalue weighted by molar-refractivity contribution is -0.114. The molecule has 0 aliphatic heterocycles. The summed E-state index contributed by atoms with van der Waals surface area (Å²) < 4.78 is 13.0. The Morgan fingerprint density at radius 2 is 1.96 bits per heavy atom. The molecule has 2 rings (SSSR count). The second kappa shape index (κ2) is 10.4. The van der Waals surface area contributed by atoms with Gasteiger partial charge >= 0.3 is 0 Å². The summed E-state index contributed by atoms with van der Waals surface area (Å²) in [6.07, 6.45) is 7.12. The molecule has 0 spiro atoms. The normalized spacial score (nSPS) is 16.1. The lowest BCUT2D eigenvalue weighted by atomic mass is 10.1. The van der Waals surface area contributed by atoms with E-state index in [4.69, 9.17) is 5.73 Å². The molecule has 1 aromatic rings. The minimum absolute atomic E-state index is 0. The van der Waals surface area contributed by atoms with Gasteiger partial charge in [0.1, 0.15) is 12.4 Å². The summed E-state index contributed by atoms with van der Waals surface area (Å²) in [6.45, 7) is -0.0813. The van der Waals surface area contributed by atoms with Gasteiger partial charge in [-0.15, -0.1) is 24.0 Å². The predicted molar refractivity (Wildman–Crippen MR) is 102 cm³/mol. The zero-order valence-electron chi connectivity index (χ0n) is 13.1. The van der Waals surface area contributed by atoms with Crippen LogP contribution in [0.5, 0.6) is 0 Å². The van der Waals surface area contributed by atoms with Gasteiger partial charge in [-0.1, -0.05) is 31.7 Å². The molecule has 0 saturated heterocycles. The van der Waals surface area contributed by atoms with Crippen molar-refractivity contribution in [2.75, 3.05) is 11.9 Å². The highest BCUT2D eigenvalue weighted by atomic mass is 127. The average Bonchev–Trinajstić information content (AvgIpc) is 2.74. The molecular formula is C16H24FIN4O. The number of nitrogens with one attached hydrogen (secondary N) is 2. The van der Waals surface area contributed by atoms with Crippen molar-refractivity contribution < 1.29 is 9.18 Å². The predicted octanol–water partition coefficient (Wildman–Crippen LogP) is 3.01. The van der Waals surface area contributed by atoms with E-state index >= 15 is 0 Å². The van der Waals surface area contributed by atoms with Gasteiger partial charge in [0.05, 0.1) is 0 Å². The second-order valence-corrected chi connectivity index (χ2v) is 5.59. The van der Waals surface area contributed by atoms with Crippen LogP contribution in [0, 0.1) is 5.82 Å². The second-order valence-electron chi connectivity index (χ2n) is 5.59. The molecule has 1 aliphatic carbocycles. The summed E-state index contributed by atoms with van der Waals surface area (Å²) in [5.74, 6) is -0.423. The van der Waals surface area contributed by atoms with E-state index in [2.05, 4.69) is 15.6 Å². The maximum absolute atomic E-state index is 13.0. The third kappa shape index (κ3) is 7.62. The van der Waals surface area contributed by atoms with E-state index in [1.165, 1.54) is 43.9 Å². The lowest BCUT2D eigenvalue weighted by Gasteiger charge is -2.16. The Balaban J connectivity index is 0.00000264. The van der Waals surface area contributed by atoms with E-state index < -0.39 is 5.82 Å². The number of nitrogens with two attached hydrogens (primary N) is 1. The van der Waals surface area contributed by atoms with Crippen molar-refractivity contribution in [3.63, 3.8) is 0 Å². The number of rotatable bonds is 4. The van der Waals surface area contributed by atoms with Crippen LogP contribution in [0.4, 0.5) is 10.1 Å². The van der Waals surface area contributed by atoms with E-state index in [0.717, 1.165) is 12.8 Å². The fraction of sp³-hybridized carbons (Fsp3) is 0.500. The number of anilines is 1. The van der Waals surface area contributed by atoms with Gasteiger partial charge in [-0.2, -0.15) is 0 Å². The molecule has 4 N–H and O–H groups in total. The van der Waals surface area contributed by atoms with Crippen LogP contribution in [0.15, 0.2) is 29.3 Å². The zero-order valence-corrected chi connectivity index (χ0v) is 15.4. The Bertz CT molecular complexity index is 531. The van der Waals surface area contributed by atoms with Gasteiger partial charge in [-0.25, -0.2) is 9.38 Å². The first kappa shape index (κ1) is 19.7. The SMILES string of the molecule is I.NC(=NCC(=O)Nc1cccc(F)c1)NC1CCCCCC1. The molecule has 0 bridgehead atoms. The zero-order chi connectivity index (χ0) is 15.8. The van der Waals surface area contributed by atoms with Crippen LogP contribution in [0.25, 0.3) is 0 Å². The van der Waals surface area contributed by atoms with E-state index in [9.17, 15) is 9.18 Å². The van der Waals surface area contributed by atoms with Gasteiger partial charge < -0.3 is 16.4 Å². The highest BCUT2D eigenvalue weighted by molar-refractivity contribution is 14.0. The Morgan fingerprint density at radius 1 is 1.26 bits per heavy atom. The molecule has 1 fully saturated rings. The molecule has 0 aromatic heterocycles. The van der Waals surface area contributed by atoms with Crippen molar-refractivity contribution in [1.82, 2.24) is 5.32 Å². The van der Waals surface area contributed by atoms with Crippen LogP contribution in [0.2, 0.25) is 0 Å². The van der Waals surface area contributed by atoms with Crippen LogP contribution >= 0.6 is 24.0 Å². The van der Waals surface area contributed by atoms with Crippen LogP contribution in [-0.2, 0) is 4.79 Å². The molecule has 5 nitrogen and oxygen atoms in total. The molecular weight excluding hydrogens is 410 g/mol. The number of amides is 1. The Hall–Kier alpha value is -1.38. The quantitative estimate of drug-likeness (QED) is 0.295. The van der Waals surface area contributed by atoms with Crippen molar-refractivity contribution in [3.05, 3.63) is 30.1 Å². The Kier molecular flexibility index (Phi) is 8.90. The number of benzene rings is 1. The third-order valence-electron chi connectivity index (χ3n) is 3.71. The van der Waals surface area contributed by atoms with E-state index in [1.54, 1.807) is 6.07 Å². The summed E-state index contributed by atoms with van der Waals surface area (Å²) in [5.41, 5.74) is 6.23. The minimum atomic E-state index is -0.393. The smallest absolute Gasteiger partial charge is 0.246 e. The number of nitrogens with zero attached hydrogens (tertiary/aromatic N) is 1. The molecule has 0 radical (unpaired) electrons. The largest absolute Gasteiger partial charge is 0.370 e. The van der Waals surface area contributed by atoms with Crippen LogP contribution in [0.1, 0.15) is 38.5 Å². The number of hydrogen-bond donors (Lipinski definition) is 3. The molecule has 1 amide bonds. The fourth-order valence-corrected chi connectivity index (χ4v) is 2.60. The first-order valence-electron chi connectivity index (χ1n) is 7.75. The monoisotopic (exact) mass is 434 g/mol. The van der Waals surface area contributed by atoms with Crippen molar-refractivity contribution in [3.8, 4) is 0 Å². The first-order chi connectivity index (χ1) is 10.6. The molecule has 1 saturated carbocycles. The number of halogens is 2. The Labute approximate surface area is 153 Å². The van der Waals surface area contributed by atoms with E-state index in [0.29, 0.717) is 17.7 Å². The topological polar surface area (TPSA) is 79.5 Å². The number of carbonyl (C=O) groups excluding carboxylic acids is 1. The van der Waals surface area contributed by atoms with Gasteiger partial charge in [-0.3, -0.25) is 4.79 Å². The number of aliphatic imine (C=N–C) groups is 1. The molecule has 0 atom stereocenters. The number of carbonyl (C=O) groups is 1. The highest BCUT2D eigenvalue weighted by Crippen LogP contribution is 2.16. The van der Waals surface area contributed by atoms with E-state index in [-0.39, 0.29) is 36.4 Å². The van der Waals surface area contributed by atoms with Crippen LogP contribution in [-0.4, -0.2) is 24.5 Å². The molecule has 1 aromatic carbocycles. The van der Waals surface area contributed by atoms with Crippen molar-refractivity contribution in [2.24, 2.45) is 10.7 Å². The van der Waals surface area contributed by atoms with E-state index in [1.807, 2.05) is 0 Å². The fourth-order valence-electron chi connectivity index (χ4n) is 2.60. The summed E-state index contributed by atoms with van der Waals surface area (Å²) in [6, 6.07) is 6.09. The summed E-state index contributed by atoms with van der Waals surface area (Å²) in [7, 11) is 0. The van der Waals surface area contributed by atoms with Gasteiger partial charge in [-0.05, 0) is 31.0 Å². The minimum Gasteiger partial charge on any atom is -0.370 e. The van der Waals surface area contributed by atoms with Crippen molar-refractivity contribution in [1.29, 1.82) is 0 Å². The molecule has 7 heteroatoms. The average molecular weight is 434 g/mol. The standard InChI is InChI=1S/C16H23FN4O.HI/c17-12-6-5-9-14(10-12)20-15(22)11-19-16(18)21-13-7-3-1-2-4-8-13;/h5-6,9-10,13H,1-4,7-8,11H2,(H,20,22)(H3,18,19,21);1H. The first-order valence-corrected chi connectivity index (χ1v) is 7.75. The number of guanidine groups is 1. The van der Waals surface area contributed by atoms with Gasteiger partial charge in [0, 0.05) is 11.7 Å². The molecule has 0 unspecified atom stereocenters. The highest BCUT2D eigenvalue weighted by Gasteiger charge is 2.12. The molecule has 23 heavy (non-hydrogen) atoms. The summed E-state index contributed by atoms with van der Waals surface area (Å²) in [4.78, 5) is 15.8. The molecule has 0 heterocycles. The summed E-state index contributed by atoms with van der Waals surface area (Å²) >= 11 is 0. The van der Waals surface area contributed by atoms with Gasteiger partial charge in [0.25, 0.3) is 0 Å². The third-order valence-corrected chi connectivity index (χ3v) is 3.71. The lowest BCUT2D eigenvalue weighted by Crippen LogP contribution is -2.40. The van der Waals surface area contributed by atoms with Crippen LogP contribution < -0.4 is 16.4 Å². The maximum Gasteiger partial charge on any atom is 0.246 e. The number of hydrogen-bond acceptors (Lipinski definition) is 2. The van der Waals surface area contributed by atoms with Crippen molar-refractivity contribution >= 4 is 41.5 Å². The van der Waals surface area contributed by atoms with Crippen LogP contribution in [0.3, 0.4) is 0 Å².